The Morgan fingerprint density at radius 2 is 1.87 bits per heavy atom. The van der Waals surface area contributed by atoms with Gasteiger partial charge in [-0.1, -0.05) is 12.1 Å². The number of pyridine rings is 1. The number of ether oxygens (including phenoxy) is 1. The van der Waals surface area contributed by atoms with Gasteiger partial charge in [-0.25, -0.2) is 26.0 Å². The first kappa shape index (κ1) is 27.1. The van der Waals surface area contributed by atoms with Crippen molar-refractivity contribution in [3.05, 3.63) is 83.7 Å². The number of anilines is 2. The average Bonchev–Trinajstić information content (AvgIpc) is 3.18. The SMILES string of the molecule is Cc1ccc(Nc2cnc3c(CN(C)C(=O)OC(C)(C)C)cn(S(=O)(=O)c4cccc(F)c4)c3c2)c(F)c1. The zero-order valence-electron chi connectivity index (χ0n) is 21.6. The molecule has 0 saturated heterocycles. The highest BCUT2D eigenvalue weighted by atomic mass is 32.2. The molecule has 0 spiro atoms. The summed E-state index contributed by atoms with van der Waals surface area (Å²) >= 11 is 0. The first-order chi connectivity index (χ1) is 17.7. The van der Waals surface area contributed by atoms with Crippen LogP contribution in [0.5, 0.6) is 0 Å². The number of benzene rings is 2. The van der Waals surface area contributed by atoms with Gasteiger partial charge in [0, 0.05) is 18.8 Å². The van der Waals surface area contributed by atoms with E-state index in [0.717, 1.165) is 21.7 Å². The number of nitrogens with one attached hydrogen (secondary N) is 1. The summed E-state index contributed by atoms with van der Waals surface area (Å²) in [7, 11) is -2.73. The van der Waals surface area contributed by atoms with Crippen LogP contribution in [0, 0.1) is 18.6 Å². The molecule has 2 heterocycles. The average molecular weight is 543 g/mol. The van der Waals surface area contributed by atoms with E-state index in [4.69, 9.17) is 4.74 Å². The number of rotatable bonds is 6. The summed E-state index contributed by atoms with van der Waals surface area (Å²) in [6.07, 6.45) is 2.19. The van der Waals surface area contributed by atoms with Crippen molar-refractivity contribution in [2.45, 2.75) is 44.7 Å². The van der Waals surface area contributed by atoms with Gasteiger partial charge in [-0.15, -0.1) is 0 Å². The monoisotopic (exact) mass is 542 g/mol. The van der Waals surface area contributed by atoms with E-state index in [2.05, 4.69) is 10.3 Å². The Hall–Kier alpha value is -3.99. The van der Waals surface area contributed by atoms with Gasteiger partial charge in [-0.05, 0) is 69.7 Å². The Balaban J connectivity index is 1.81. The number of aromatic nitrogens is 2. The summed E-state index contributed by atoms with van der Waals surface area (Å²) < 4.78 is 61.9. The van der Waals surface area contributed by atoms with E-state index in [9.17, 15) is 22.0 Å². The third kappa shape index (κ3) is 5.77. The lowest BCUT2D eigenvalue weighted by Crippen LogP contribution is -2.33. The van der Waals surface area contributed by atoms with Crippen molar-refractivity contribution in [3.63, 3.8) is 0 Å². The Bertz CT molecular complexity index is 1630. The lowest BCUT2D eigenvalue weighted by atomic mass is 10.2. The van der Waals surface area contributed by atoms with Gasteiger partial charge in [0.05, 0.1) is 40.0 Å². The molecule has 0 bridgehead atoms. The topological polar surface area (TPSA) is 93.5 Å². The predicted molar refractivity (Wildman–Crippen MR) is 141 cm³/mol. The van der Waals surface area contributed by atoms with Crippen LogP contribution in [0.15, 0.2) is 65.8 Å². The first-order valence-corrected chi connectivity index (χ1v) is 13.2. The lowest BCUT2D eigenvalue weighted by Gasteiger charge is -2.24. The molecule has 0 saturated carbocycles. The van der Waals surface area contributed by atoms with Crippen molar-refractivity contribution < 1.29 is 26.7 Å². The molecule has 4 rings (SSSR count). The molecule has 1 N–H and O–H groups in total. The summed E-state index contributed by atoms with van der Waals surface area (Å²) in [5, 5.41) is 2.92. The maximum Gasteiger partial charge on any atom is 0.410 e. The number of carbonyl (C=O) groups is 1. The lowest BCUT2D eigenvalue weighted by molar-refractivity contribution is 0.0285. The summed E-state index contributed by atoms with van der Waals surface area (Å²) in [6.45, 7) is 6.97. The molecule has 0 aliphatic heterocycles. The molecule has 200 valence electrons. The van der Waals surface area contributed by atoms with Gasteiger partial charge in [-0.2, -0.15) is 0 Å². The maximum absolute atomic E-state index is 14.4. The molecule has 0 unspecified atom stereocenters. The summed E-state index contributed by atoms with van der Waals surface area (Å²) in [5.74, 6) is -1.18. The number of nitrogens with zero attached hydrogens (tertiary/aromatic N) is 3. The van der Waals surface area contributed by atoms with Crippen LogP contribution in [0.4, 0.5) is 25.0 Å². The molecule has 2 aromatic carbocycles. The Kier molecular flexibility index (Phi) is 7.16. The number of hydrogen-bond donors (Lipinski definition) is 1. The fourth-order valence-corrected chi connectivity index (χ4v) is 5.20. The van der Waals surface area contributed by atoms with Crippen molar-refractivity contribution >= 4 is 38.5 Å². The van der Waals surface area contributed by atoms with E-state index in [1.165, 1.54) is 48.6 Å². The molecule has 0 radical (unpaired) electrons. The maximum atomic E-state index is 14.4. The minimum absolute atomic E-state index is 0.0105. The van der Waals surface area contributed by atoms with E-state index in [-0.39, 0.29) is 22.6 Å². The Morgan fingerprint density at radius 1 is 1.13 bits per heavy atom. The van der Waals surface area contributed by atoms with Gasteiger partial charge in [0.25, 0.3) is 10.0 Å². The van der Waals surface area contributed by atoms with E-state index < -0.39 is 33.4 Å². The molecular formula is C27H28F2N4O4S. The third-order valence-corrected chi connectivity index (χ3v) is 7.22. The molecule has 38 heavy (non-hydrogen) atoms. The number of fused-ring (bicyclic) bond motifs is 1. The number of aryl methyl sites for hydroxylation is 1. The van der Waals surface area contributed by atoms with Crippen LogP contribution in [0.1, 0.15) is 31.9 Å². The summed E-state index contributed by atoms with van der Waals surface area (Å²) in [5.41, 5.74) is 1.43. The number of hydrogen-bond acceptors (Lipinski definition) is 6. The van der Waals surface area contributed by atoms with Crippen LogP contribution >= 0.6 is 0 Å². The van der Waals surface area contributed by atoms with E-state index in [1.807, 2.05) is 0 Å². The third-order valence-electron chi connectivity index (χ3n) is 5.55. The van der Waals surface area contributed by atoms with Crippen LogP contribution in [0.2, 0.25) is 0 Å². The minimum atomic E-state index is -4.26. The van der Waals surface area contributed by atoms with E-state index in [0.29, 0.717) is 16.8 Å². The predicted octanol–water partition coefficient (Wildman–Crippen LogP) is 5.97. The van der Waals surface area contributed by atoms with Crippen LogP contribution in [0.3, 0.4) is 0 Å². The molecular weight excluding hydrogens is 514 g/mol. The van der Waals surface area contributed by atoms with Crippen LogP contribution < -0.4 is 5.32 Å². The molecule has 11 heteroatoms. The molecule has 0 aliphatic carbocycles. The fraction of sp³-hybridized carbons (Fsp3) is 0.259. The highest BCUT2D eigenvalue weighted by Crippen LogP contribution is 2.30. The Labute approximate surface area is 219 Å². The number of amides is 1. The second-order valence-corrected chi connectivity index (χ2v) is 11.8. The second kappa shape index (κ2) is 10.1. The van der Waals surface area contributed by atoms with Crippen molar-refractivity contribution in [1.29, 1.82) is 0 Å². The van der Waals surface area contributed by atoms with E-state index >= 15 is 0 Å². The van der Waals surface area contributed by atoms with Crippen LogP contribution in [0.25, 0.3) is 11.0 Å². The van der Waals surface area contributed by atoms with Gasteiger partial charge in [0.2, 0.25) is 0 Å². The Morgan fingerprint density at radius 3 is 2.53 bits per heavy atom. The van der Waals surface area contributed by atoms with E-state index in [1.54, 1.807) is 39.8 Å². The zero-order chi connectivity index (χ0) is 27.8. The minimum Gasteiger partial charge on any atom is -0.444 e. The molecule has 2 aromatic heterocycles. The molecule has 4 aromatic rings. The molecule has 1 amide bonds. The normalized spacial score (nSPS) is 12.0. The van der Waals surface area contributed by atoms with Gasteiger partial charge < -0.3 is 15.0 Å². The van der Waals surface area contributed by atoms with Gasteiger partial charge >= 0.3 is 6.09 Å². The largest absolute Gasteiger partial charge is 0.444 e. The highest BCUT2D eigenvalue weighted by Gasteiger charge is 2.25. The zero-order valence-corrected chi connectivity index (χ0v) is 22.4. The first-order valence-electron chi connectivity index (χ1n) is 11.7. The van der Waals surface area contributed by atoms with Crippen molar-refractivity contribution in [3.8, 4) is 0 Å². The standard InChI is InChI=1S/C27H28F2N4O4S/c1-17-9-10-23(22(29)11-17)31-20-13-24-25(30-14-20)18(15-32(5)26(34)37-27(2,3)4)16-33(24)38(35,36)21-8-6-7-19(28)12-21/h6-14,16,31H,15H2,1-5H3. The van der Waals surface area contributed by atoms with Crippen molar-refractivity contribution in [1.82, 2.24) is 13.9 Å². The molecule has 0 atom stereocenters. The number of carbonyl (C=O) groups excluding carboxylic acids is 1. The molecule has 8 nitrogen and oxygen atoms in total. The number of halogens is 2. The van der Waals surface area contributed by atoms with Gasteiger partial charge in [0.1, 0.15) is 17.2 Å². The molecule has 0 fully saturated rings. The fourth-order valence-electron chi connectivity index (χ4n) is 3.80. The van der Waals surface area contributed by atoms with Crippen LogP contribution in [-0.2, 0) is 21.3 Å². The van der Waals surface area contributed by atoms with Crippen molar-refractivity contribution in [2.75, 3.05) is 12.4 Å². The summed E-state index contributed by atoms with van der Waals surface area (Å²) in [4.78, 5) is 18.0. The quantitative estimate of drug-likeness (QED) is 0.323. The highest BCUT2D eigenvalue weighted by molar-refractivity contribution is 7.90. The second-order valence-electron chi connectivity index (χ2n) is 9.95. The van der Waals surface area contributed by atoms with Gasteiger partial charge in [-0.3, -0.25) is 4.98 Å². The van der Waals surface area contributed by atoms with Crippen molar-refractivity contribution in [2.24, 2.45) is 0 Å². The smallest absolute Gasteiger partial charge is 0.410 e. The molecule has 0 aliphatic rings. The van der Waals surface area contributed by atoms with Gasteiger partial charge in [0.15, 0.2) is 0 Å². The van der Waals surface area contributed by atoms with Crippen LogP contribution in [-0.4, -0.2) is 41.0 Å². The summed E-state index contributed by atoms with van der Waals surface area (Å²) in [6, 6.07) is 10.8.